The van der Waals surface area contributed by atoms with Crippen molar-refractivity contribution in [3.8, 4) is 11.5 Å². The molecule has 1 aliphatic heterocycles. The Hall–Kier alpha value is -2.92. The second-order valence-corrected chi connectivity index (χ2v) is 7.35. The molecule has 1 aliphatic rings. The SMILES string of the molecule is COc1ccc(N2CCN(C(=O)COc3ccc(Cl)c4ccccc34)CC2)cc1. The number of carbonyl (C=O) groups excluding carboxylic acids is 1. The van der Waals surface area contributed by atoms with Crippen molar-refractivity contribution >= 4 is 34.0 Å². The fourth-order valence-corrected chi connectivity index (χ4v) is 3.83. The van der Waals surface area contributed by atoms with Gasteiger partial charge in [-0.05, 0) is 36.4 Å². The van der Waals surface area contributed by atoms with Crippen LogP contribution in [0.5, 0.6) is 11.5 Å². The molecule has 6 heteroatoms. The van der Waals surface area contributed by atoms with Gasteiger partial charge in [-0.25, -0.2) is 0 Å². The molecule has 3 aromatic rings. The summed E-state index contributed by atoms with van der Waals surface area (Å²) in [7, 11) is 1.66. The Morgan fingerprint density at radius 2 is 1.62 bits per heavy atom. The number of anilines is 1. The van der Waals surface area contributed by atoms with E-state index in [4.69, 9.17) is 21.1 Å². The lowest BCUT2D eigenvalue weighted by molar-refractivity contribution is -0.133. The van der Waals surface area contributed by atoms with Gasteiger partial charge in [-0.15, -0.1) is 0 Å². The number of rotatable bonds is 5. The maximum absolute atomic E-state index is 12.6. The summed E-state index contributed by atoms with van der Waals surface area (Å²) in [5.74, 6) is 1.52. The zero-order valence-electron chi connectivity index (χ0n) is 16.3. The molecule has 1 amide bonds. The number of fused-ring (bicyclic) bond motifs is 1. The number of ether oxygens (including phenoxy) is 2. The number of benzene rings is 3. The van der Waals surface area contributed by atoms with Crippen LogP contribution in [0.4, 0.5) is 5.69 Å². The van der Waals surface area contributed by atoms with E-state index in [0.717, 1.165) is 35.3 Å². The van der Waals surface area contributed by atoms with Gasteiger partial charge in [0.2, 0.25) is 0 Å². The number of carbonyl (C=O) groups is 1. The van der Waals surface area contributed by atoms with E-state index in [9.17, 15) is 4.79 Å². The summed E-state index contributed by atoms with van der Waals surface area (Å²) < 4.78 is 11.1. The van der Waals surface area contributed by atoms with Gasteiger partial charge in [-0.1, -0.05) is 35.9 Å². The van der Waals surface area contributed by atoms with Crippen molar-refractivity contribution in [2.45, 2.75) is 0 Å². The second-order valence-electron chi connectivity index (χ2n) is 6.95. The average Bonchev–Trinajstić information content (AvgIpc) is 2.79. The lowest BCUT2D eigenvalue weighted by Crippen LogP contribution is -2.50. The summed E-state index contributed by atoms with van der Waals surface area (Å²) in [4.78, 5) is 16.8. The Balaban J connectivity index is 1.34. The third-order valence-corrected chi connectivity index (χ3v) is 5.58. The molecule has 0 atom stereocenters. The van der Waals surface area contributed by atoms with Crippen LogP contribution < -0.4 is 14.4 Å². The van der Waals surface area contributed by atoms with Crippen LogP contribution >= 0.6 is 11.6 Å². The molecule has 1 heterocycles. The van der Waals surface area contributed by atoms with Crippen LogP contribution in [0.15, 0.2) is 60.7 Å². The van der Waals surface area contributed by atoms with Crippen molar-refractivity contribution in [1.82, 2.24) is 4.90 Å². The zero-order valence-corrected chi connectivity index (χ0v) is 17.1. The number of hydrogen-bond acceptors (Lipinski definition) is 4. The van der Waals surface area contributed by atoms with Gasteiger partial charge in [-0.3, -0.25) is 4.79 Å². The molecule has 0 bridgehead atoms. The number of halogens is 1. The largest absolute Gasteiger partial charge is 0.497 e. The number of methoxy groups -OCH3 is 1. The molecular formula is C23H23ClN2O3. The fourth-order valence-electron chi connectivity index (χ4n) is 3.60. The molecule has 4 rings (SSSR count). The van der Waals surface area contributed by atoms with Crippen molar-refractivity contribution in [3.05, 3.63) is 65.7 Å². The first-order valence-electron chi connectivity index (χ1n) is 9.62. The Labute approximate surface area is 175 Å². The first-order chi connectivity index (χ1) is 14.2. The summed E-state index contributed by atoms with van der Waals surface area (Å²) in [6, 6.07) is 19.4. The molecule has 3 aromatic carbocycles. The molecule has 29 heavy (non-hydrogen) atoms. The van der Waals surface area contributed by atoms with E-state index < -0.39 is 0 Å². The zero-order chi connectivity index (χ0) is 20.2. The van der Waals surface area contributed by atoms with Crippen molar-refractivity contribution in [3.63, 3.8) is 0 Å². The molecule has 0 unspecified atom stereocenters. The number of hydrogen-bond donors (Lipinski definition) is 0. The van der Waals surface area contributed by atoms with Crippen molar-refractivity contribution in [1.29, 1.82) is 0 Å². The molecule has 5 nitrogen and oxygen atoms in total. The minimum Gasteiger partial charge on any atom is -0.497 e. The number of amides is 1. The van der Waals surface area contributed by atoms with Crippen molar-refractivity contribution < 1.29 is 14.3 Å². The normalized spacial score (nSPS) is 14.1. The smallest absolute Gasteiger partial charge is 0.260 e. The quantitative estimate of drug-likeness (QED) is 0.631. The van der Waals surface area contributed by atoms with Crippen LogP contribution in [-0.2, 0) is 4.79 Å². The van der Waals surface area contributed by atoms with Gasteiger partial charge in [0.05, 0.1) is 7.11 Å². The second kappa shape index (κ2) is 8.62. The number of piperazine rings is 1. The molecular weight excluding hydrogens is 388 g/mol. The Morgan fingerprint density at radius 1 is 0.931 bits per heavy atom. The highest BCUT2D eigenvalue weighted by Crippen LogP contribution is 2.31. The lowest BCUT2D eigenvalue weighted by atomic mass is 10.1. The molecule has 0 N–H and O–H groups in total. The molecule has 1 fully saturated rings. The monoisotopic (exact) mass is 410 g/mol. The van der Waals surface area contributed by atoms with Crippen LogP contribution in [0.1, 0.15) is 0 Å². The van der Waals surface area contributed by atoms with Gasteiger partial charge >= 0.3 is 0 Å². The summed E-state index contributed by atoms with van der Waals surface area (Å²) in [6.07, 6.45) is 0. The van der Waals surface area contributed by atoms with Gasteiger partial charge in [-0.2, -0.15) is 0 Å². The van der Waals surface area contributed by atoms with Crippen LogP contribution in [0.2, 0.25) is 5.02 Å². The maximum atomic E-state index is 12.6. The Kier molecular flexibility index (Phi) is 5.76. The van der Waals surface area contributed by atoms with Crippen LogP contribution in [0.25, 0.3) is 10.8 Å². The molecule has 0 aliphatic carbocycles. The van der Waals surface area contributed by atoms with E-state index >= 15 is 0 Å². The molecule has 0 saturated carbocycles. The topological polar surface area (TPSA) is 42.0 Å². The van der Waals surface area contributed by atoms with Gasteiger partial charge in [0.15, 0.2) is 6.61 Å². The summed E-state index contributed by atoms with van der Waals surface area (Å²) in [5.41, 5.74) is 1.14. The standard InChI is InChI=1S/C23H23ClN2O3/c1-28-18-8-6-17(7-9-18)25-12-14-26(15-13-25)23(27)16-29-22-11-10-21(24)19-4-2-3-5-20(19)22/h2-11H,12-16H2,1H3. The van der Waals surface area contributed by atoms with Crippen LogP contribution in [-0.4, -0.2) is 50.7 Å². The lowest BCUT2D eigenvalue weighted by Gasteiger charge is -2.36. The van der Waals surface area contributed by atoms with Crippen molar-refractivity contribution in [2.75, 3.05) is 44.8 Å². The Bertz CT molecular complexity index is 999. The van der Waals surface area contributed by atoms with E-state index in [2.05, 4.69) is 4.90 Å². The van der Waals surface area contributed by atoms with E-state index in [1.54, 1.807) is 13.2 Å². The molecule has 0 spiro atoms. The molecule has 0 aromatic heterocycles. The van der Waals surface area contributed by atoms with Gasteiger partial charge in [0.25, 0.3) is 5.91 Å². The molecule has 150 valence electrons. The van der Waals surface area contributed by atoms with Gasteiger partial charge in [0, 0.05) is 47.7 Å². The van der Waals surface area contributed by atoms with Gasteiger partial charge in [0.1, 0.15) is 11.5 Å². The average molecular weight is 411 g/mol. The maximum Gasteiger partial charge on any atom is 0.260 e. The summed E-state index contributed by atoms with van der Waals surface area (Å²) in [5, 5.41) is 2.51. The van der Waals surface area contributed by atoms with Crippen molar-refractivity contribution in [2.24, 2.45) is 0 Å². The fraction of sp³-hybridized carbons (Fsp3) is 0.261. The van der Waals surface area contributed by atoms with E-state index in [1.165, 1.54) is 0 Å². The van der Waals surface area contributed by atoms with Crippen LogP contribution in [0, 0.1) is 0 Å². The highest BCUT2D eigenvalue weighted by Gasteiger charge is 2.22. The minimum atomic E-state index is -0.00147. The summed E-state index contributed by atoms with van der Waals surface area (Å²) >= 11 is 6.25. The third kappa shape index (κ3) is 4.25. The highest BCUT2D eigenvalue weighted by atomic mass is 35.5. The predicted octanol–water partition coefficient (Wildman–Crippen LogP) is 4.23. The highest BCUT2D eigenvalue weighted by molar-refractivity contribution is 6.35. The predicted molar refractivity (Wildman–Crippen MR) is 116 cm³/mol. The van der Waals surface area contributed by atoms with Crippen LogP contribution in [0.3, 0.4) is 0 Å². The minimum absolute atomic E-state index is 0.00147. The Morgan fingerprint density at radius 3 is 2.31 bits per heavy atom. The van der Waals surface area contributed by atoms with E-state index in [0.29, 0.717) is 23.9 Å². The van der Waals surface area contributed by atoms with E-state index in [-0.39, 0.29) is 12.5 Å². The van der Waals surface area contributed by atoms with E-state index in [1.807, 2.05) is 59.5 Å². The first kappa shape index (κ1) is 19.4. The first-order valence-corrected chi connectivity index (χ1v) is 10.0. The summed E-state index contributed by atoms with van der Waals surface area (Å²) in [6.45, 7) is 2.96. The number of nitrogens with zero attached hydrogens (tertiary/aromatic N) is 2. The third-order valence-electron chi connectivity index (χ3n) is 5.25. The van der Waals surface area contributed by atoms with Gasteiger partial charge < -0.3 is 19.3 Å². The molecule has 1 saturated heterocycles. The molecule has 0 radical (unpaired) electrons.